The summed E-state index contributed by atoms with van der Waals surface area (Å²) in [5.41, 5.74) is 6.19. The molecule has 2 unspecified atom stereocenters. The topological polar surface area (TPSA) is 64.3 Å². The van der Waals surface area contributed by atoms with Crippen LogP contribution in [0, 0.1) is 5.92 Å². The van der Waals surface area contributed by atoms with E-state index in [-0.39, 0.29) is 24.4 Å². The van der Waals surface area contributed by atoms with Gasteiger partial charge in [0, 0.05) is 11.1 Å². The van der Waals surface area contributed by atoms with Crippen molar-refractivity contribution in [3.8, 4) is 5.75 Å². The Balaban J connectivity index is 0.00000200. The van der Waals surface area contributed by atoms with Gasteiger partial charge in [0.05, 0.1) is 12.7 Å². The van der Waals surface area contributed by atoms with Crippen molar-refractivity contribution >= 4 is 29.9 Å². The zero-order valence-corrected chi connectivity index (χ0v) is 13.0. The van der Waals surface area contributed by atoms with Gasteiger partial charge in [-0.3, -0.25) is 4.79 Å². The molecule has 2 atom stereocenters. The highest BCUT2D eigenvalue weighted by Gasteiger charge is 2.28. The number of carbonyl (C=O) groups is 1. The molecule has 2 rings (SSSR count). The fraction of sp³-hybridized carbons (Fsp3) is 0.500. The number of hydrogen-bond donors (Lipinski definition) is 2. The number of rotatable bonds is 4. The molecule has 112 valence electrons. The zero-order valence-electron chi connectivity index (χ0n) is 11.4. The van der Waals surface area contributed by atoms with E-state index in [0.717, 1.165) is 19.3 Å². The number of amides is 1. The molecule has 1 aromatic rings. The van der Waals surface area contributed by atoms with E-state index in [4.69, 9.17) is 22.1 Å². The van der Waals surface area contributed by atoms with Crippen LogP contribution in [0.2, 0.25) is 5.02 Å². The summed E-state index contributed by atoms with van der Waals surface area (Å²) in [5.74, 6) is 0.753. The highest BCUT2D eigenvalue weighted by Crippen LogP contribution is 2.27. The van der Waals surface area contributed by atoms with Gasteiger partial charge in [-0.2, -0.15) is 0 Å². The number of benzene rings is 1. The number of nitrogens with one attached hydrogen (secondary N) is 1. The predicted octanol–water partition coefficient (Wildman–Crippen LogP) is 2.63. The highest BCUT2D eigenvalue weighted by atomic mass is 35.5. The monoisotopic (exact) mass is 318 g/mol. The number of methoxy groups -OCH3 is 1. The van der Waals surface area contributed by atoms with Gasteiger partial charge >= 0.3 is 0 Å². The molecule has 6 heteroatoms. The molecule has 1 amide bonds. The number of halogens is 2. The molecule has 0 aliphatic heterocycles. The molecule has 1 aromatic carbocycles. The van der Waals surface area contributed by atoms with Crippen LogP contribution in [0.4, 0.5) is 0 Å². The second-order valence-electron chi connectivity index (χ2n) is 4.85. The fourth-order valence-corrected chi connectivity index (χ4v) is 2.78. The Morgan fingerprint density at radius 2 is 2.25 bits per heavy atom. The molecule has 1 aliphatic carbocycles. The van der Waals surface area contributed by atoms with Gasteiger partial charge in [-0.25, -0.2) is 0 Å². The second kappa shape index (κ2) is 7.72. The first-order valence-corrected chi connectivity index (χ1v) is 6.88. The van der Waals surface area contributed by atoms with Crippen molar-refractivity contribution in [2.45, 2.75) is 25.3 Å². The molecule has 0 radical (unpaired) electrons. The van der Waals surface area contributed by atoms with E-state index < -0.39 is 0 Å². The Morgan fingerprint density at radius 3 is 2.90 bits per heavy atom. The Hall–Kier alpha value is -0.970. The SMILES string of the molecule is COc1ccc(Cl)cc1C(=O)NC1CCCC1CN.Cl. The lowest BCUT2D eigenvalue weighted by atomic mass is 10.0. The maximum absolute atomic E-state index is 12.3. The average Bonchev–Trinajstić information content (AvgIpc) is 2.85. The van der Waals surface area contributed by atoms with Crippen molar-refractivity contribution < 1.29 is 9.53 Å². The van der Waals surface area contributed by atoms with Gasteiger partial charge in [0.1, 0.15) is 5.75 Å². The van der Waals surface area contributed by atoms with Gasteiger partial charge in [-0.05, 0) is 43.5 Å². The summed E-state index contributed by atoms with van der Waals surface area (Å²) in [4.78, 5) is 12.3. The van der Waals surface area contributed by atoms with Crippen molar-refractivity contribution in [2.24, 2.45) is 11.7 Å². The van der Waals surface area contributed by atoms with E-state index >= 15 is 0 Å². The van der Waals surface area contributed by atoms with Crippen LogP contribution in [0.1, 0.15) is 29.6 Å². The van der Waals surface area contributed by atoms with Crippen LogP contribution in [0.25, 0.3) is 0 Å². The molecule has 0 saturated heterocycles. The van der Waals surface area contributed by atoms with Gasteiger partial charge in [0.25, 0.3) is 5.91 Å². The lowest BCUT2D eigenvalue weighted by Gasteiger charge is -2.20. The zero-order chi connectivity index (χ0) is 13.8. The third kappa shape index (κ3) is 3.78. The summed E-state index contributed by atoms with van der Waals surface area (Å²) >= 11 is 5.93. The van der Waals surface area contributed by atoms with Crippen molar-refractivity contribution in [1.82, 2.24) is 5.32 Å². The van der Waals surface area contributed by atoms with E-state index in [2.05, 4.69) is 5.32 Å². The molecular weight excluding hydrogens is 299 g/mol. The van der Waals surface area contributed by atoms with Crippen molar-refractivity contribution in [2.75, 3.05) is 13.7 Å². The lowest BCUT2D eigenvalue weighted by Crippen LogP contribution is -2.40. The van der Waals surface area contributed by atoms with Gasteiger partial charge in [-0.15, -0.1) is 12.4 Å². The molecule has 4 nitrogen and oxygen atoms in total. The van der Waals surface area contributed by atoms with Crippen LogP contribution in [0.15, 0.2) is 18.2 Å². The third-order valence-electron chi connectivity index (χ3n) is 3.68. The molecule has 3 N–H and O–H groups in total. The number of nitrogens with two attached hydrogens (primary N) is 1. The quantitative estimate of drug-likeness (QED) is 0.897. The normalized spacial score (nSPS) is 21.1. The molecule has 0 spiro atoms. The first-order valence-electron chi connectivity index (χ1n) is 6.50. The summed E-state index contributed by atoms with van der Waals surface area (Å²) in [5, 5.41) is 3.56. The minimum absolute atomic E-state index is 0. The van der Waals surface area contributed by atoms with E-state index in [1.807, 2.05) is 0 Å². The van der Waals surface area contributed by atoms with E-state index in [1.54, 1.807) is 18.2 Å². The molecule has 0 heterocycles. The van der Waals surface area contributed by atoms with Crippen LogP contribution >= 0.6 is 24.0 Å². The fourth-order valence-electron chi connectivity index (χ4n) is 2.61. The van der Waals surface area contributed by atoms with Crippen molar-refractivity contribution in [1.29, 1.82) is 0 Å². The van der Waals surface area contributed by atoms with Crippen molar-refractivity contribution in [3.05, 3.63) is 28.8 Å². The summed E-state index contributed by atoms with van der Waals surface area (Å²) < 4.78 is 5.19. The Labute approximate surface area is 130 Å². The number of carbonyl (C=O) groups excluding carboxylic acids is 1. The lowest BCUT2D eigenvalue weighted by molar-refractivity contribution is 0.0925. The molecule has 1 fully saturated rings. The summed E-state index contributed by atoms with van der Waals surface area (Å²) in [7, 11) is 1.54. The van der Waals surface area contributed by atoms with Gasteiger partial charge in [0.2, 0.25) is 0 Å². The standard InChI is InChI=1S/C14H19ClN2O2.ClH/c1-19-13-6-5-10(15)7-11(13)14(18)17-12-4-2-3-9(12)8-16;/h5-7,9,12H,2-4,8,16H2,1H3,(H,17,18);1H. The van der Waals surface area contributed by atoms with E-state index in [1.165, 1.54) is 7.11 Å². The van der Waals surface area contributed by atoms with Crippen LogP contribution in [0.3, 0.4) is 0 Å². The minimum Gasteiger partial charge on any atom is -0.496 e. The molecule has 1 saturated carbocycles. The van der Waals surface area contributed by atoms with Crippen LogP contribution in [0.5, 0.6) is 5.75 Å². The number of hydrogen-bond acceptors (Lipinski definition) is 3. The van der Waals surface area contributed by atoms with Gasteiger partial charge in [0.15, 0.2) is 0 Å². The van der Waals surface area contributed by atoms with E-state index in [9.17, 15) is 4.79 Å². The first kappa shape index (κ1) is 17.1. The molecule has 1 aliphatic rings. The largest absolute Gasteiger partial charge is 0.496 e. The second-order valence-corrected chi connectivity index (χ2v) is 5.29. The van der Waals surface area contributed by atoms with Crippen LogP contribution in [-0.2, 0) is 0 Å². The third-order valence-corrected chi connectivity index (χ3v) is 3.92. The summed E-state index contributed by atoms with van der Waals surface area (Å²) in [6.07, 6.45) is 3.17. The summed E-state index contributed by atoms with van der Waals surface area (Å²) in [6, 6.07) is 5.19. The number of ether oxygens (including phenoxy) is 1. The molecule has 0 aromatic heterocycles. The van der Waals surface area contributed by atoms with Crippen molar-refractivity contribution in [3.63, 3.8) is 0 Å². The molecule has 0 bridgehead atoms. The van der Waals surface area contributed by atoms with E-state index in [0.29, 0.717) is 28.8 Å². The maximum Gasteiger partial charge on any atom is 0.255 e. The van der Waals surface area contributed by atoms with Gasteiger partial charge in [-0.1, -0.05) is 18.0 Å². The maximum atomic E-state index is 12.3. The van der Waals surface area contributed by atoms with Crippen LogP contribution < -0.4 is 15.8 Å². The summed E-state index contributed by atoms with van der Waals surface area (Å²) in [6.45, 7) is 0.609. The Morgan fingerprint density at radius 1 is 1.50 bits per heavy atom. The predicted molar refractivity (Wildman–Crippen MR) is 82.9 cm³/mol. The smallest absolute Gasteiger partial charge is 0.255 e. The van der Waals surface area contributed by atoms with Crippen LogP contribution in [-0.4, -0.2) is 25.6 Å². The Bertz CT molecular complexity index is 468. The minimum atomic E-state index is -0.148. The van der Waals surface area contributed by atoms with Gasteiger partial charge < -0.3 is 15.8 Å². The molecular formula is C14H20Cl2N2O2. The highest BCUT2D eigenvalue weighted by molar-refractivity contribution is 6.31. The molecule has 20 heavy (non-hydrogen) atoms. The average molecular weight is 319 g/mol. The Kier molecular flexibility index (Phi) is 6.59. The first-order chi connectivity index (χ1) is 9.15.